The summed E-state index contributed by atoms with van der Waals surface area (Å²) in [5.74, 6) is 1.29. The van der Waals surface area contributed by atoms with Crippen LogP contribution in [-0.2, 0) is 4.74 Å². The molecular formula is C7H13NOS. The molecule has 0 aliphatic carbocycles. The lowest BCUT2D eigenvalue weighted by Crippen LogP contribution is -2.25. The molecule has 0 aromatic heterocycles. The number of ether oxygens (including phenoxy) is 1. The number of hydrogen-bond acceptors (Lipinski definition) is 3. The van der Waals surface area contributed by atoms with Crippen LogP contribution in [0.5, 0.6) is 0 Å². The maximum absolute atomic E-state index is 5.54. The molecule has 2 nitrogen and oxygen atoms in total. The Labute approximate surface area is 66.0 Å². The van der Waals surface area contributed by atoms with E-state index in [9.17, 15) is 0 Å². The van der Waals surface area contributed by atoms with Crippen LogP contribution in [0.3, 0.4) is 0 Å². The highest BCUT2D eigenvalue weighted by molar-refractivity contribution is 7.97. The fourth-order valence-electron chi connectivity index (χ4n) is 1.48. The second-order valence-corrected chi connectivity index (χ2v) is 3.93. The Balaban J connectivity index is 1.85. The molecular weight excluding hydrogens is 146 g/mol. The fourth-order valence-corrected chi connectivity index (χ4v) is 2.57. The van der Waals surface area contributed by atoms with Crippen molar-refractivity contribution in [1.29, 1.82) is 0 Å². The Morgan fingerprint density at radius 1 is 1.40 bits per heavy atom. The molecule has 3 heteroatoms. The zero-order valence-corrected chi connectivity index (χ0v) is 6.90. The van der Waals surface area contributed by atoms with Crippen LogP contribution in [0.15, 0.2) is 0 Å². The van der Waals surface area contributed by atoms with Gasteiger partial charge in [0.25, 0.3) is 0 Å². The van der Waals surface area contributed by atoms with E-state index in [1.54, 1.807) is 0 Å². The summed E-state index contributed by atoms with van der Waals surface area (Å²) in [4.78, 5) is 0. The standard InChI is InChI=1S/C7H13NOS/c1-3-7(9-5-1)8-4-2-6-10-8/h7H,1-6H2. The van der Waals surface area contributed by atoms with Gasteiger partial charge in [0, 0.05) is 18.9 Å². The summed E-state index contributed by atoms with van der Waals surface area (Å²) in [6, 6.07) is 0. The first-order chi connectivity index (χ1) is 4.97. The smallest absolute Gasteiger partial charge is 0.119 e. The highest BCUT2D eigenvalue weighted by atomic mass is 32.2. The SMILES string of the molecule is C1COC(N2CCCS2)C1. The third-order valence-corrected chi connectivity index (χ3v) is 3.23. The normalized spacial score (nSPS) is 35.4. The zero-order chi connectivity index (χ0) is 6.81. The second kappa shape index (κ2) is 3.11. The molecule has 2 heterocycles. The first kappa shape index (κ1) is 6.95. The van der Waals surface area contributed by atoms with Gasteiger partial charge in [0.15, 0.2) is 0 Å². The van der Waals surface area contributed by atoms with E-state index in [0.29, 0.717) is 6.23 Å². The van der Waals surface area contributed by atoms with Crippen LogP contribution >= 0.6 is 11.9 Å². The molecule has 0 bridgehead atoms. The first-order valence-electron chi connectivity index (χ1n) is 3.98. The molecule has 0 N–H and O–H groups in total. The average Bonchev–Trinajstić information content (AvgIpc) is 2.59. The van der Waals surface area contributed by atoms with Crippen LogP contribution in [0.25, 0.3) is 0 Å². The summed E-state index contributed by atoms with van der Waals surface area (Å²) in [6.07, 6.45) is 4.28. The summed E-state index contributed by atoms with van der Waals surface area (Å²) >= 11 is 1.95. The van der Waals surface area contributed by atoms with E-state index in [-0.39, 0.29) is 0 Å². The summed E-state index contributed by atoms with van der Waals surface area (Å²) in [7, 11) is 0. The zero-order valence-electron chi connectivity index (χ0n) is 6.08. The van der Waals surface area contributed by atoms with Gasteiger partial charge in [-0.05, 0) is 19.3 Å². The molecule has 1 unspecified atom stereocenters. The van der Waals surface area contributed by atoms with E-state index in [1.165, 1.54) is 31.6 Å². The molecule has 2 rings (SSSR count). The predicted molar refractivity (Wildman–Crippen MR) is 42.8 cm³/mol. The Hall–Kier alpha value is 0.270. The van der Waals surface area contributed by atoms with Crippen molar-refractivity contribution in [2.75, 3.05) is 18.9 Å². The molecule has 0 amide bonds. The Morgan fingerprint density at radius 3 is 3.00 bits per heavy atom. The molecule has 0 aromatic carbocycles. The molecule has 1 atom stereocenters. The minimum Gasteiger partial charge on any atom is -0.362 e. The Kier molecular flexibility index (Phi) is 2.16. The highest BCUT2D eigenvalue weighted by Gasteiger charge is 2.25. The maximum Gasteiger partial charge on any atom is 0.119 e. The lowest BCUT2D eigenvalue weighted by molar-refractivity contribution is 0.0370. The minimum atomic E-state index is 0.451. The van der Waals surface area contributed by atoms with Gasteiger partial charge in [-0.1, -0.05) is 11.9 Å². The molecule has 10 heavy (non-hydrogen) atoms. The van der Waals surface area contributed by atoms with Crippen LogP contribution < -0.4 is 0 Å². The van der Waals surface area contributed by atoms with Crippen molar-refractivity contribution in [3.05, 3.63) is 0 Å². The Morgan fingerprint density at radius 2 is 2.40 bits per heavy atom. The lowest BCUT2D eigenvalue weighted by Gasteiger charge is -2.20. The highest BCUT2D eigenvalue weighted by Crippen LogP contribution is 2.28. The van der Waals surface area contributed by atoms with E-state index >= 15 is 0 Å². The third kappa shape index (κ3) is 1.31. The van der Waals surface area contributed by atoms with Gasteiger partial charge < -0.3 is 4.74 Å². The lowest BCUT2D eigenvalue weighted by atomic mass is 10.3. The number of rotatable bonds is 1. The minimum absolute atomic E-state index is 0.451. The molecule has 0 aromatic rings. The quantitative estimate of drug-likeness (QED) is 0.538. The van der Waals surface area contributed by atoms with Crippen LogP contribution in [0.4, 0.5) is 0 Å². The van der Waals surface area contributed by atoms with Crippen molar-refractivity contribution >= 4 is 11.9 Å². The fraction of sp³-hybridized carbons (Fsp3) is 1.00. The van der Waals surface area contributed by atoms with E-state index in [4.69, 9.17) is 4.74 Å². The van der Waals surface area contributed by atoms with Gasteiger partial charge in [-0.2, -0.15) is 0 Å². The van der Waals surface area contributed by atoms with Crippen molar-refractivity contribution in [3.8, 4) is 0 Å². The molecule has 58 valence electrons. The van der Waals surface area contributed by atoms with Crippen LogP contribution in [-0.4, -0.2) is 29.4 Å². The molecule has 0 spiro atoms. The average molecular weight is 159 g/mol. The van der Waals surface area contributed by atoms with Crippen molar-refractivity contribution in [3.63, 3.8) is 0 Å². The van der Waals surface area contributed by atoms with Crippen LogP contribution in [0, 0.1) is 0 Å². The van der Waals surface area contributed by atoms with Gasteiger partial charge in [0.05, 0.1) is 0 Å². The van der Waals surface area contributed by atoms with E-state index in [2.05, 4.69) is 4.31 Å². The van der Waals surface area contributed by atoms with Crippen molar-refractivity contribution in [2.45, 2.75) is 25.5 Å². The number of nitrogens with zero attached hydrogens (tertiary/aromatic N) is 1. The first-order valence-corrected chi connectivity index (χ1v) is 4.92. The second-order valence-electron chi connectivity index (χ2n) is 2.80. The van der Waals surface area contributed by atoms with E-state index in [0.717, 1.165) is 6.61 Å². The third-order valence-electron chi connectivity index (χ3n) is 2.01. The predicted octanol–water partition coefficient (Wildman–Crippen LogP) is 1.48. The Bertz CT molecular complexity index is 94.2. The summed E-state index contributed by atoms with van der Waals surface area (Å²) in [6.45, 7) is 2.21. The largest absolute Gasteiger partial charge is 0.362 e. The van der Waals surface area contributed by atoms with Crippen molar-refractivity contribution in [1.82, 2.24) is 4.31 Å². The molecule has 0 saturated carbocycles. The maximum atomic E-state index is 5.54. The van der Waals surface area contributed by atoms with Gasteiger partial charge in [0.1, 0.15) is 6.23 Å². The molecule has 2 saturated heterocycles. The van der Waals surface area contributed by atoms with Crippen molar-refractivity contribution < 1.29 is 4.74 Å². The van der Waals surface area contributed by atoms with Gasteiger partial charge in [-0.3, -0.25) is 0 Å². The van der Waals surface area contributed by atoms with E-state index < -0.39 is 0 Å². The van der Waals surface area contributed by atoms with Gasteiger partial charge in [0.2, 0.25) is 0 Å². The van der Waals surface area contributed by atoms with E-state index in [1.807, 2.05) is 11.9 Å². The molecule has 2 aliphatic rings. The molecule has 2 fully saturated rings. The monoisotopic (exact) mass is 159 g/mol. The van der Waals surface area contributed by atoms with Crippen LogP contribution in [0.1, 0.15) is 19.3 Å². The molecule has 2 aliphatic heterocycles. The molecule has 0 radical (unpaired) electrons. The topological polar surface area (TPSA) is 12.5 Å². The summed E-state index contributed by atoms with van der Waals surface area (Å²) in [5.41, 5.74) is 0. The van der Waals surface area contributed by atoms with Gasteiger partial charge >= 0.3 is 0 Å². The van der Waals surface area contributed by atoms with Crippen LogP contribution in [0.2, 0.25) is 0 Å². The number of hydrogen-bond donors (Lipinski definition) is 0. The summed E-state index contributed by atoms with van der Waals surface area (Å²) in [5, 5.41) is 0. The van der Waals surface area contributed by atoms with Gasteiger partial charge in [-0.25, -0.2) is 4.31 Å². The summed E-state index contributed by atoms with van der Waals surface area (Å²) < 4.78 is 7.94. The van der Waals surface area contributed by atoms with Gasteiger partial charge in [-0.15, -0.1) is 0 Å². The van der Waals surface area contributed by atoms with Crippen molar-refractivity contribution in [2.24, 2.45) is 0 Å².